The lowest BCUT2D eigenvalue weighted by atomic mass is 10.2. The predicted molar refractivity (Wildman–Crippen MR) is 97.1 cm³/mol. The molecule has 0 saturated carbocycles. The molecule has 24 heavy (non-hydrogen) atoms. The second kappa shape index (κ2) is 7.46. The van der Waals surface area contributed by atoms with Crippen molar-refractivity contribution < 1.29 is 14.6 Å². The number of amides is 1. The molecule has 3 rings (SSSR count). The van der Waals surface area contributed by atoms with E-state index in [0.717, 1.165) is 4.47 Å². The van der Waals surface area contributed by atoms with Crippen LogP contribution in [0, 0.1) is 0 Å². The second-order valence-corrected chi connectivity index (χ2v) is 5.64. The minimum Gasteiger partial charge on any atom is -0.504 e. The lowest BCUT2D eigenvalue weighted by Crippen LogP contribution is -2.13. The van der Waals surface area contributed by atoms with E-state index in [1.54, 1.807) is 24.3 Å². The van der Waals surface area contributed by atoms with Gasteiger partial charge in [-0.05, 0) is 24.3 Å². The van der Waals surface area contributed by atoms with Crippen LogP contribution in [0.3, 0.4) is 0 Å². The van der Waals surface area contributed by atoms with E-state index in [-0.39, 0.29) is 24.1 Å². The first kappa shape index (κ1) is 18.0. The van der Waals surface area contributed by atoms with Crippen LogP contribution in [-0.2, 0) is 0 Å². The van der Waals surface area contributed by atoms with Crippen molar-refractivity contribution in [3.63, 3.8) is 0 Å². The van der Waals surface area contributed by atoms with Crippen LogP contribution in [0.15, 0.2) is 47.2 Å². The molecule has 0 spiro atoms. The average Bonchev–Trinajstić information content (AvgIpc) is 2.55. The lowest BCUT2D eigenvalue weighted by Gasteiger charge is -2.09. The van der Waals surface area contributed by atoms with Crippen LogP contribution in [0.1, 0.15) is 10.4 Å². The van der Waals surface area contributed by atoms with Crippen molar-refractivity contribution >= 4 is 51.0 Å². The molecular formula is C16H13BrClN3O3. The van der Waals surface area contributed by atoms with Crippen LogP contribution in [0.4, 0.5) is 5.82 Å². The maximum Gasteiger partial charge on any atom is 0.256 e. The summed E-state index contributed by atoms with van der Waals surface area (Å²) in [5, 5.41) is 13.2. The third-order valence-electron chi connectivity index (χ3n) is 3.25. The summed E-state index contributed by atoms with van der Waals surface area (Å²) in [6.45, 7) is 0. The van der Waals surface area contributed by atoms with E-state index < -0.39 is 0 Å². The number of ether oxygens (including phenoxy) is 1. The molecule has 0 unspecified atom stereocenters. The number of nitrogens with one attached hydrogen (secondary N) is 1. The van der Waals surface area contributed by atoms with Gasteiger partial charge in [0.1, 0.15) is 12.1 Å². The molecule has 8 heteroatoms. The number of methoxy groups -OCH3 is 1. The Balaban J connectivity index is 0.00000208. The molecule has 1 aromatic heterocycles. The number of carbonyl (C=O) groups excluding carboxylic acids is 1. The minimum absolute atomic E-state index is 0. The minimum atomic E-state index is -0.304. The molecule has 1 amide bonds. The average molecular weight is 411 g/mol. The monoisotopic (exact) mass is 409 g/mol. The molecular weight excluding hydrogens is 398 g/mol. The highest BCUT2D eigenvalue weighted by Crippen LogP contribution is 2.32. The highest BCUT2D eigenvalue weighted by Gasteiger charge is 2.13. The van der Waals surface area contributed by atoms with Crippen LogP contribution in [0.5, 0.6) is 11.5 Å². The van der Waals surface area contributed by atoms with E-state index in [2.05, 4.69) is 31.2 Å². The summed E-state index contributed by atoms with van der Waals surface area (Å²) < 4.78 is 5.86. The topological polar surface area (TPSA) is 84.3 Å². The van der Waals surface area contributed by atoms with Crippen LogP contribution in [0.25, 0.3) is 10.9 Å². The maximum absolute atomic E-state index is 12.3. The van der Waals surface area contributed by atoms with Gasteiger partial charge in [-0.2, -0.15) is 0 Å². The molecule has 0 saturated heterocycles. The largest absolute Gasteiger partial charge is 0.504 e. The van der Waals surface area contributed by atoms with Crippen molar-refractivity contribution in [1.29, 1.82) is 0 Å². The number of nitrogens with zero attached hydrogens (tertiary/aromatic N) is 2. The summed E-state index contributed by atoms with van der Waals surface area (Å²) in [6, 6.07) is 10.1. The van der Waals surface area contributed by atoms with E-state index in [0.29, 0.717) is 28.0 Å². The molecule has 0 radical (unpaired) electrons. The lowest BCUT2D eigenvalue weighted by molar-refractivity contribution is 0.102. The summed E-state index contributed by atoms with van der Waals surface area (Å²) in [5.74, 6) is 0.271. The summed E-state index contributed by atoms with van der Waals surface area (Å²) in [6.07, 6.45) is 1.34. The second-order valence-electron chi connectivity index (χ2n) is 4.73. The standard InChI is InChI=1S/C16H12BrN3O3.ClH/c1-23-14-7-12-11(6-13(14)21)15(19-8-18-12)20-16(22)9-3-2-4-10(17)5-9;/h2-8,21H,1H3,(H,18,19,20,22);1H. The number of rotatable bonds is 3. The number of halogens is 2. The summed E-state index contributed by atoms with van der Waals surface area (Å²) in [4.78, 5) is 20.5. The Morgan fingerprint density at radius 3 is 2.75 bits per heavy atom. The van der Waals surface area contributed by atoms with Gasteiger partial charge in [-0.3, -0.25) is 4.79 Å². The quantitative estimate of drug-likeness (QED) is 0.686. The Bertz CT molecular complexity index is 905. The zero-order chi connectivity index (χ0) is 16.4. The number of hydrogen-bond acceptors (Lipinski definition) is 5. The smallest absolute Gasteiger partial charge is 0.256 e. The fourth-order valence-corrected chi connectivity index (χ4v) is 2.54. The molecule has 0 fully saturated rings. The van der Waals surface area contributed by atoms with E-state index in [1.807, 2.05) is 6.07 Å². The number of carbonyl (C=O) groups is 1. The number of aromatic nitrogens is 2. The molecule has 6 nitrogen and oxygen atoms in total. The van der Waals surface area contributed by atoms with Crippen molar-refractivity contribution in [1.82, 2.24) is 9.97 Å². The van der Waals surface area contributed by atoms with Gasteiger partial charge in [-0.15, -0.1) is 12.4 Å². The number of aromatic hydroxyl groups is 1. The van der Waals surface area contributed by atoms with Gasteiger partial charge in [0.25, 0.3) is 5.91 Å². The molecule has 3 aromatic rings. The van der Waals surface area contributed by atoms with Gasteiger partial charge in [0.15, 0.2) is 11.5 Å². The third kappa shape index (κ3) is 3.58. The number of hydrogen-bond donors (Lipinski definition) is 2. The van der Waals surface area contributed by atoms with Gasteiger partial charge in [-0.1, -0.05) is 22.0 Å². The van der Waals surface area contributed by atoms with Gasteiger partial charge in [0.2, 0.25) is 0 Å². The van der Waals surface area contributed by atoms with Gasteiger partial charge >= 0.3 is 0 Å². The maximum atomic E-state index is 12.3. The fourth-order valence-electron chi connectivity index (χ4n) is 2.15. The van der Waals surface area contributed by atoms with E-state index in [1.165, 1.54) is 19.5 Å². The number of phenolic OH excluding ortho intramolecular Hbond substituents is 1. The molecule has 0 aliphatic carbocycles. The molecule has 0 bridgehead atoms. The highest BCUT2D eigenvalue weighted by molar-refractivity contribution is 9.10. The van der Waals surface area contributed by atoms with Gasteiger partial charge in [0.05, 0.1) is 12.6 Å². The summed E-state index contributed by atoms with van der Waals surface area (Å²) in [7, 11) is 1.46. The van der Waals surface area contributed by atoms with Crippen molar-refractivity contribution in [3.8, 4) is 11.5 Å². The Kier molecular flexibility index (Phi) is 5.58. The van der Waals surface area contributed by atoms with Crippen LogP contribution in [0.2, 0.25) is 0 Å². The van der Waals surface area contributed by atoms with Gasteiger partial charge in [-0.25, -0.2) is 9.97 Å². The zero-order valence-electron chi connectivity index (χ0n) is 12.5. The first-order valence-corrected chi connectivity index (χ1v) is 7.46. The first-order chi connectivity index (χ1) is 11.1. The van der Waals surface area contributed by atoms with E-state index >= 15 is 0 Å². The first-order valence-electron chi connectivity index (χ1n) is 6.67. The number of phenols is 1. The zero-order valence-corrected chi connectivity index (χ0v) is 14.9. The molecule has 124 valence electrons. The third-order valence-corrected chi connectivity index (χ3v) is 3.75. The molecule has 2 N–H and O–H groups in total. The number of anilines is 1. The normalized spacial score (nSPS) is 10.1. The Morgan fingerprint density at radius 1 is 1.25 bits per heavy atom. The summed E-state index contributed by atoms with van der Waals surface area (Å²) >= 11 is 3.33. The fraction of sp³-hybridized carbons (Fsp3) is 0.0625. The summed E-state index contributed by atoms with van der Waals surface area (Å²) in [5.41, 5.74) is 1.04. The van der Waals surface area contributed by atoms with E-state index in [9.17, 15) is 9.90 Å². The van der Waals surface area contributed by atoms with Crippen molar-refractivity contribution in [2.45, 2.75) is 0 Å². The van der Waals surface area contributed by atoms with Crippen LogP contribution < -0.4 is 10.1 Å². The van der Waals surface area contributed by atoms with Gasteiger partial charge < -0.3 is 15.2 Å². The van der Waals surface area contributed by atoms with Crippen LogP contribution in [-0.4, -0.2) is 28.1 Å². The van der Waals surface area contributed by atoms with Crippen LogP contribution >= 0.6 is 28.3 Å². The molecule has 2 aromatic carbocycles. The Labute approximate surface area is 152 Å². The Morgan fingerprint density at radius 2 is 2.04 bits per heavy atom. The highest BCUT2D eigenvalue weighted by atomic mass is 79.9. The molecule has 0 aliphatic heterocycles. The Hall–Kier alpha value is -2.38. The molecule has 1 heterocycles. The number of fused-ring (bicyclic) bond motifs is 1. The SMILES string of the molecule is COc1cc2ncnc(NC(=O)c3cccc(Br)c3)c2cc1O.Cl. The van der Waals surface area contributed by atoms with Crippen molar-refractivity contribution in [3.05, 3.63) is 52.8 Å². The number of benzene rings is 2. The van der Waals surface area contributed by atoms with Crippen molar-refractivity contribution in [2.75, 3.05) is 12.4 Å². The predicted octanol–water partition coefficient (Wildman–Crippen LogP) is 3.78. The van der Waals surface area contributed by atoms with Gasteiger partial charge in [0, 0.05) is 21.5 Å². The molecule has 0 aliphatic rings. The molecule has 0 atom stereocenters. The van der Waals surface area contributed by atoms with E-state index in [4.69, 9.17) is 4.74 Å². The van der Waals surface area contributed by atoms with Crippen molar-refractivity contribution in [2.24, 2.45) is 0 Å².